The molecule has 0 radical (unpaired) electrons. The molecule has 2 heterocycles. The van der Waals surface area contributed by atoms with Crippen LogP contribution in [0.25, 0.3) is 0 Å². The molecule has 6 aliphatic rings. The Labute approximate surface area is 219 Å². The van der Waals surface area contributed by atoms with Gasteiger partial charge in [0.2, 0.25) is 11.8 Å². The van der Waals surface area contributed by atoms with Gasteiger partial charge in [0.15, 0.2) is 0 Å². The fourth-order valence-corrected chi connectivity index (χ4v) is 8.29. The summed E-state index contributed by atoms with van der Waals surface area (Å²) in [6.07, 6.45) is 7.58. The van der Waals surface area contributed by atoms with Gasteiger partial charge in [-0.3, -0.25) is 24.2 Å². The van der Waals surface area contributed by atoms with Crippen LogP contribution in [-0.4, -0.2) is 79.9 Å². The largest absolute Gasteiger partial charge is 0.495 e. The van der Waals surface area contributed by atoms with Crippen molar-refractivity contribution in [3.05, 3.63) is 24.3 Å². The lowest BCUT2D eigenvalue weighted by Gasteiger charge is -2.55. The average molecular weight is 509 g/mol. The van der Waals surface area contributed by atoms with Crippen LogP contribution in [0.15, 0.2) is 24.3 Å². The number of nitrogens with one attached hydrogen (secondary N) is 1. The van der Waals surface area contributed by atoms with Gasteiger partial charge in [0.1, 0.15) is 11.8 Å². The maximum atomic E-state index is 13.4. The van der Waals surface area contributed by atoms with Crippen molar-refractivity contribution in [3.8, 4) is 5.75 Å². The Balaban J connectivity index is 0.969. The minimum absolute atomic E-state index is 0.0347. The van der Waals surface area contributed by atoms with Crippen molar-refractivity contribution >= 4 is 23.4 Å². The highest BCUT2D eigenvalue weighted by atomic mass is 16.5. The van der Waals surface area contributed by atoms with E-state index in [1.807, 2.05) is 18.2 Å². The second-order valence-corrected chi connectivity index (χ2v) is 12.2. The maximum absolute atomic E-state index is 13.4. The van der Waals surface area contributed by atoms with E-state index in [-0.39, 0.29) is 29.6 Å². The molecule has 4 saturated carbocycles. The van der Waals surface area contributed by atoms with Crippen LogP contribution in [0.2, 0.25) is 0 Å². The average Bonchev–Trinajstić information content (AvgIpc) is 3.15. The maximum Gasteiger partial charge on any atom is 0.252 e. The van der Waals surface area contributed by atoms with Gasteiger partial charge in [-0.2, -0.15) is 0 Å². The Kier molecular flexibility index (Phi) is 6.63. The molecule has 200 valence electrons. The monoisotopic (exact) mass is 508 g/mol. The molecule has 37 heavy (non-hydrogen) atoms. The lowest BCUT2D eigenvalue weighted by atomic mass is 9.49. The molecular weight excluding hydrogens is 468 g/mol. The topological polar surface area (TPSA) is 82.2 Å². The Morgan fingerprint density at radius 3 is 2.27 bits per heavy atom. The SMILES string of the molecule is COc1ccccc1N1CCN(CCCN2C(=O)C[C@H](NC(=O)C34CC5CC(CC(C5)C3)C4)C2=O)CC1. The third-order valence-corrected chi connectivity index (χ3v) is 9.72. The number of benzene rings is 1. The van der Waals surface area contributed by atoms with Gasteiger partial charge in [-0.05, 0) is 81.4 Å². The number of carbonyl (C=O) groups is 3. The van der Waals surface area contributed by atoms with Crippen LogP contribution in [-0.2, 0) is 14.4 Å². The first-order valence-electron chi connectivity index (χ1n) is 14.2. The van der Waals surface area contributed by atoms with E-state index in [0.717, 1.165) is 69.8 Å². The number of methoxy groups -OCH3 is 1. The Morgan fingerprint density at radius 1 is 0.973 bits per heavy atom. The lowest BCUT2D eigenvalue weighted by Crippen LogP contribution is -2.56. The second kappa shape index (κ2) is 9.93. The number of hydrogen-bond acceptors (Lipinski definition) is 6. The van der Waals surface area contributed by atoms with Gasteiger partial charge in [-0.25, -0.2) is 0 Å². The van der Waals surface area contributed by atoms with Crippen molar-refractivity contribution in [1.82, 2.24) is 15.1 Å². The number of nitrogens with zero attached hydrogens (tertiary/aromatic N) is 3. The summed E-state index contributed by atoms with van der Waals surface area (Å²) in [4.78, 5) is 45.3. The van der Waals surface area contributed by atoms with Crippen LogP contribution in [0.1, 0.15) is 51.4 Å². The zero-order valence-electron chi connectivity index (χ0n) is 22.0. The van der Waals surface area contributed by atoms with E-state index in [4.69, 9.17) is 4.74 Å². The molecule has 0 unspecified atom stereocenters. The molecule has 1 N–H and O–H groups in total. The van der Waals surface area contributed by atoms with Crippen LogP contribution in [0.4, 0.5) is 5.69 Å². The first-order chi connectivity index (χ1) is 17.9. The second-order valence-electron chi connectivity index (χ2n) is 12.2. The number of likely N-dealkylation sites (tertiary alicyclic amines) is 1. The summed E-state index contributed by atoms with van der Waals surface area (Å²) in [5.74, 6) is 2.58. The Hall–Kier alpha value is -2.61. The number of hydrogen-bond donors (Lipinski definition) is 1. The van der Waals surface area contributed by atoms with E-state index in [0.29, 0.717) is 24.3 Å². The number of ether oxygens (including phenoxy) is 1. The van der Waals surface area contributed by atoms with Gasteiger partial charge < -0.3 is 15.0 Å². The highest BCUT2D eigenvalue weighted by Gasteiger charge is 2.55. The zero-order chi connectivity index (χ0) is 25.6. The van der Waals surface area contributed by atoms with E-state index in [1.165, 1.54) is 24.2 Å². The summed E-state index contributed by atoms with van der Waals surface area (Å²) < 4.78 is 5.51. The van der Waals surface area contributed by atoms with Gasteiger partial charge in [-0.15, -0.1) is 0 Å². The van der Waals surface area contributed by atoms with Crippen LogP contribution in [0, 0.1) is 23.2 Å². The fourth-order valence-electron chi connectivity index (χ4n) is 8.29. The molecule has 8 nitrogen and oxygen atoms in total. The highest BCUT2D eigenvalue weighted by molar-refractivity contribution is 6.07. The van der Waals surface area contributed by atoms with Crippen LogP contribution in [0.5, 0.6) is 5.75 Å². The number of anilines is 1. The van der Waals surface area contributed by atoms with Crippen LogP contribution >= 0.6 is 0 Å². The van der Waals surface area contributed by atoms with Crippen molar-refractivity contribution in [1.29, 1.82) is 0 Å². The van der Waals surface area contributed by atoms with Gasteiger partial charge in [0.25, 0.3) is 5.91 Å². The molecule has 1 atom stereocenters. The van der Waals surface area contributed by atoms with Gasteiger partial charge in [-0.1, -0.05) is 12.1 Å². The first kappa shape index (κ1) is 24.7. The molecule has 2 saturated heterocycles. The van der Waals surface area contributed by atoms with Gasteiger partial charge in [0.05, 0.1) is 19.2 Å². The summed E-state index contributed by atoms with van der Waals surface area (Å²) in [7, 11) is 1.70. The normalized spacial score (nSPS) is 33.3. The third kappa shape index (κ3) is 4.73. The smallest absolute Gasteiger partial charge is 0.252 e. The molecule has 7 rings (SSSR count). The van der Waals surface area contributed by atoms with E-state index >= 15 is 0 Å². The molecule has 0 aromatic heterocycles. The number of carbonyl (C=O) groups excluding carboxylic acids is 3. The van der Waals surface area contributed by atoms with Gasteiger partial charge in [0, 0.05) is 38.1 Å². The number of amides is 3. The van der Waals surface area contributed by atoms with Crippen molar-refractivity contribution in [2.45, 2.75) is 57.4 Å². The van der Waals surface area contributed by atoms with E-state index in [2.05, 4.69) is 21.2 Å². The van der Waals surface area contributed by atoms with Gasteiger partial charge >= 0.3 is 0 Å². The minimum atomic E-state index is -0.683. The predicted molar refractivity (Wildman–Crippen MR) is 140 cm³/mol. The van der Waals surface area contributed by atoms with Crippen molar-refractivity contribution in [3.63, 3.8) is 0 Å². The lowest BCUT2D eigenvalue weighted by molar-refractivity contribution is -0.149. The minimum Gasteiger partial charge on any atom is -0.495 e. The molecule has 0 spiro atoms. The quantitative estimate of drug-likeness (QED) is 0.544. The molecule has 2 aliphatic heterocycles. The molecule has 3 amide bonds. The van der Waals surface area contributed by atoms with E-state index < -0.39 is 6.04 Å². The highest BCUT2D eigenvalue weighted by Crippen LogP contribution is 2.60. The van der Waals surface area contributed by atoms with Crippen LogP contribution < -0.4 is 15.0 Å². The summed E-state index contributed by atoms with van der Waals surface area (Å²) in [6.45, 7) is 4.98. The zero-order valence-corrected chi connectivity index (χ0v) is 22.0. The number of imide groups is 1. The summed E-state index contributed by atoms with van der Waals surface area (Å²) in [5.41, 5.74) is 0.830. The van der Waals surface area contributed by atoms with E-state index in [1.54, 1.807) is 7.11 Å². The molecule has 8 heteroatoms. The molecular formula is C29H40N4O4. The Morgan fingerprint density at radius 2 is 1.62 bits per heavy atom. The third-order valence-electron chi connectivity index (χ3n) is 9.72. The predicted octanol–water partition coefficient (Wildman–Crippen LogP) is 2.67. The summed E-state index contributed by atoms with van der Waals surface area (Å²) >= 11 is 0. The molecule has 1 aromatic rings. The van der Waals surface area contributed by atoms with Crippen molar-refractivity contribution in [2.75, 3.05) is 51.3 Å². The first-order valence-corrected chi connectivity index (χ1v) is 14.2. The number of para-hydroxylation sites is 2. The molecule has 4 aliphatic carbocycles. The standard InChI is InChI=1S/C29H40N4O4/c1-37-25-6-3-2-5-24(25)32-11-9-31(10-12-32)7-4-8-33-26(34)16-23(27(33)35)30-28(36)29-17-20-13-21(18-29)15-22(14-20)19-29/h2-3,5-6,20-23H,4,7-19H2,1H3,(H,30,36)/t20?,21?,22?,23-,29?/m0/s1. The molecule has 4 bridgehead atoms. The van der Waals surface area contributed by atoms with E-state index in [9.17, 15) is 14.4 Å². The van der Waals surface area contributed by atoms with Crippen LogP contribution in [0.3, 0.4) is 0 Å². The summed E-state index contributed by atoms with van der Waals surface area (Å²) in [6, 6.07) is 7.42. The number of rotatable bonds is 8. The molecule has 1 aromatic carbocycles. The fraction of sp³-hybridized carbons (Fsp3) is 0.690. The number of piperazine rings is 1. The summed E-state index contributed by atoms with van der Waals surface area (Å²) in [5, 5.41) is 3.04. The van der Waals surface area contributed by atoms with Crippen molar-refractivity contribution in [2.24, 2.45) is 23.2 Å². The Bertz CT molecular complexity index is 1010. The molecule has 6 fully saturated rings. The van der Waals surface area contributed by atoms with Crippen molar-refractivity contribution < 1.29 is 19.1 Å².